The fourth-order valence-corrected chi connectivity index (χ4v) is 6.20. The molecule has 2 unspecified atom stereocenters. The van der Waals surface area contributed by atoms with Crippen LogP contribution >= 0.6 is 0 Å². The number of hydrogen-bond acceptors (Lipinski definition) is 7. The highest BCUT2D eigenvalue weighted by atomic mass is 19.1. The second-order valence-corrected chi connectivity index (χ2v) is 10.8. The van der Waals surface area contributed by atoms with Gasteiger partial charge >= 0.3 is 0 Å². The molecule has 38 heavy (non-hydrogen) atoms. The normalized spacial score (nSPS) is 26.3. The molecule has 1 aromatic heterocycles. The third-order valence-corrected chi connectivity index (χ3v) is 8.50. The van der Waals surface area contributed by atoms with E-state index in [1.54, 1.807) is 18.2 Å². The summed E-state index contributed by atoms with van der Waals surface area (Å²) in [6, 6.07) is 15.9. The van der Waals surface area contributed by atoms with E-state index in [0.29, 0.717) is 18.2 Å². The monoisotopic (exact) mass is 516 g/mol. The number of fused-ring (bicyclic) bond motifs is 1. The van der Waals surface area contributed by atoms with Gasteiger partial charge in [-0.2, -0.15) is 0 Å². The molecule has 1 saturated carbocycles. The molecule has 3 aromatic rings. The van der Waals surface area contributed by atoms with E-state index in [-0.39, 0.29) is 36.4 Å². The highest BCUT2D eigenvalue weighted by molar-refractivity contribution is 5.79. The summed E-state index contributed by atoms with van der Waals surface area (Å²) < 4.78 is 25.9. The van der Waals surface area contributed by atoms with Gasteiger partial charge in [0.05, 0.1) is 12.2 Å². The topological polar surface area (TPSA) is 88.0 Å². The zero-order valence-corrected chi connectivity index (χ0v) is 21.1. The number of benzene rings is 2. The average Bonchev–Trinajstić information content (AvgIpc) is 3.53. The van der Waals surface area contributed by atoms with Crippen LogP contribution in [0.15, 0.2) is 54.6 Å². The van der Waals surface area contributed by atoms with Crippen molar-refractivity contribution in [3.8, 4) is 17.1 Å². The molecule has 4 heterocycles. The van der Waals surface area contributed by atoms with Gasteiger partial charge in [0.15, 0.2) is 6.23 Å². The van der Waals surface area contributed by atoms with E-state index in [4.69, 9.17) is 9.47 Å². The summed E-state index contributed by atoms with van der Waals surface area (Å²) >= 11 is 0. The molecule has 0 radical (unpaired) electrons. The fourth-order valence-electron chi connectivity index (χ4n) is 6.20. The number of rotatable bonds is 7. The van der Waals surface area contributed by atoms with Crippen LogP contribution in [-0.4, -0.2) is 56.2 Å². The lowest BCUT2D eigenvalue weighted by Gasteiger charge is -2.41. The molecule has 1 N–H and O–H groups in total. The Kier molecular flexibility index (Phi) is 5.51. The Morgan fingerprint density at radius 1 is 1.18 bits per heavy atom. The molecule has 2 bridgehead atoms. The number of aromatic hydroxyl groups is 1. The van der Waals surface area contributed by atoms with Crippen molar-refractivity contribution in [1.82, 2.24) is 20.0 Å². The molecule has 3 aliphatic heterocycles. The fraction of sp³-hybridized carbons (Fsp3) is 0.414. The Balaban J connectivity index is 1.09. The first-order chi connectivity index (χ1) is 18.4. The van der Waals surface area contributed by atoms with Crippen LogP contribution in [0.1, 0.15) is 42.9 Å². The summed E-state index contributed by atoms with van der Waals surface area (Å²) in [5, 5.41) is 17.3. The Labute approximate surface area is 220 Å². The summed E-state index contributed by atoms with van der Waals surface area (Å²) in [6.45, 7) is 2.78. The smallest absolute Gasteiger partial charge is 0.237 e. The van der Waals surface area contributed by atoms with Crippen LogP contribution in [0.3, 0.4) is 0 Å². The number of nitrogens with zero attached hydrogens (tertiary/aromatic N) is 4. The van der Waals surface area contributed by atoms with E-state index >= 15 is 0 Å². The van der Waals surface area contributed by atoms with Gasteiger partial charge in [0, 0.05) is 24.2 Å². The van der Waals surface area contributed by atoms with Gasteiger partial charge in [-0.1, -0.05) is 24.3 Å². The van der Waals surface area contributed by atoms with Crippen LogP contribution in [0.4, 0.5) is 4.39 Å². The Hall–Kier alpha value is -3.40. The minimum atomic E-state index is -0.594. The highest BCUT2D eigenvalue weighted by Gasteiger charge is 2.66. The van der Waals surface area contributed by atoms with Crippen molar-refractivity contribution in [2.75, 3.05) is 6.54 Å². The number of halogens is 1. The molecule has 1 amide bonds. The molecule has 9 heteroatoms. The summed E-state index contributed by atoms with van der Waals surface area (Å²) in [7, 11) is 0. The summed E-state index contributed by atoms with van der Waals surface area (Å²) in [5.41, 5.74) is 4.20. The number of amides is 1. The van der Waals surface area contributed by atoms with Crippen molar-refractivity contribution >= 4 is 5.91 Å². The number of hydrogen-bond donors (Lipinski definition) is 1. The zero-order valence-electron chi connectivity index (χ0n) is 21.1. The molecule has 1 spiro atoms. The third-order valence-electron chi connectivity index (χ3n) is 8.50. The number of carbonyl (C=O) groups excluding carboxylic acids is 1. The van der Waals surface area contributed by atoms with Crippen molar-refractivity contribution in [3.63, 3.8) is 0 Å². The minimum Gasteiger partial charge on any atom is -0.492 e. The molecule has 8 rings (SSSR count). The van der Waals surface area contributed by atoms with Crippen LogP contribution in [0.25, 0.3) is 11.3 Å². The van der Waals surface area contributed by atoms with E-state index in [2.05, 4.69) is 29.3 Å². The standard InChI is InChI=1S/C29H29FN4O4/c1-17(19-4-5-19)33(15-18-2-7-22(30)8-3-18)26(36)16-34-27-29(38-28(34)37-27)13-12-20-14-21(6-9-23(20)29)24-10-11-25(35)32-31-24/h2-3,6-11,14,17,19,27-28H,4-5,12-13,15-16H2,1H3,(H,32,35)/t17-,27?,28?,29+/m0/s1. The molecule has 196 valence electrons. The molecule has 2 aliphatic carbocycles. The minimum absolute atomic E-state index is 0.0344. The number of aromatic nitrogens is 2. The third kappa shape index (κ3) is 3.88. The molecular weight excluding hydrogens is 487 g/mol. The van der Waals surface area contributed by atoms with Crippen molar-refractivity contribution in [2.24, 2.45) is 5.92 Å². The maximum Gasteiger partial charge on any atom is 0.237 e. The Morgan fingerprint density at radius 3 is 2.74 bits per heavy atom. The predicted molar refractivity (Wildman–Crippen MR) is 135 cm³/mol. The van der Waals surface area contributed by atoms with E-state index < -0.39 is 12.0 Å². The second-order valence-electron chi connectivity index (χ2n) is 10.8. The van der Waals surface area contributed by atoms with Gasteiger partial charge < -0.3 is 19.5 Å². The van der Waals surface area contributed by atoms with Gasteiger partial charge in [0.2, 0.25) is 18.2 Å². The number of ether oxygens (including phenoxy) is 2. The molecule has 3 saturated heterocycles. The summed E-state index contributed by atoms with van der Waals surface area (Å²) in [6.07, 6.45) is 3.01. The average molecular weight is 517 g/mol. The first-order valence-electron chi connectivity index (χ1n) is 13.2. The lowest BCUT2D eigenvalue weighted by atomic mass is 9.92. The van der Waals surface area contributed by atoms with Crippen LogP contribution in [0, 0.1) is 11.7 Å². The maximum absolute atomic E-state index is 13.7. The zero-order chi connectivity index (χ0) is 26.0. The Morgan fingerprint density at radius 2 is 2.00 bits per heavy atom. The van der Waals surface area contributed by atoms with Crippen molar-refractivity contribution in [3.05, 3.63) is 77.1 Å². The molecule has 2 aromatic carbocycles. The number of carbonyl (C=O) groups is 1. The van der Waals surface area contributed by atoms with E-state index in [1.165, 1.54) is 23.8 Å². The van der Waals surface area contributed by atoms with Crippen LogP contribution in [0.5, 0.6) is 5.88 Å². The SMILES string of the molecule is C[C@@H](C1CC1)N(Cc1ccc(F)cc1)C(=O)CN1C2OC1[C@]1(CCc3cc(-c4ccc(O)nn4)ccc31)O2. The van der Waals surface area contributed by atoms with Crippen molar-refractivity contribution in [1.29, 1.82) is 0 Å². The predicted octanol–water partition coefficient (Wildman–Crippen LogP) is 3.93. The van der Waals surface area contributed by atoms with Gasteiger partial charge in [-0.05, 0) is 79.5 Å². The van der Waals surface area contributed by atoms with Gasteiger partial charge in [-0.15, -0.1) is 10.2 Å². The van der Waals surface area contributed by atoms with Gasteiger partial charge in [0.1, 0.15) is 11.4 Å². The molecular formula is C29H29FN4O4. The van der Waals surface area contributed by atoms with E-state index in [0.717, 1.165) is 42.4 Å². The van der Waals surface area contributed by atoms with Crippen molar-refractivity contribution in [2.45, 2.75) is 63.4 Å². The van der Waals surface area contributed by atoms with Gasteiger partial charge in [-0.25, -0.2) is 9.29 Å². The second kappa shape index (κ2) is 8.83. The largest absolute Gasteiger partial charge is 0.492 e. The first-order valence-corrected chi connectivity index (χ1v) is 13.2. The van der Waals surface area contributed by atoms with E-state index in [1.807, 2.05) is 15.9 Å². The van der Waals surface area contributed by atoms with Crippen LogP contribution in [0.2, 0.25) is 0 Å². The Bertz CT molecular complexity index is 1380. The van der Waals surface area contributed by atoms with Crippen molar-refractivity contribution < 1.29 is 23.8 Å². The molecule has 8 nitrogen and oxygen atoms in total. The van der Waals surface area contributed by atoms with Gasteiger partial charge in [0.25, 0.3) is 0 Å². The molecule has 4 atom stereocenters. The van der Waals surface area contributed by atoms with Crippen LogP contribution in [-0.2, 0) is 32.8 Å². The number of aryl methyl sites for hydroxylation is 1. The van der Waals surface area contributed by atoms with Gasteiger partial charge in [-0.3, -0.25) is 4.79 Å². The maximum atomic E-state index is 13.7. The summed E-state index contributed by atoms with van der Waals surface area (Å²) in [5.74, 6) is 0.161. The summed E-state index contributed by atoms with van der Waals surface area (Å²) in [4.78, 5) is 17.6. The lowest BCUT2D eigenvalue weighted by molar-refractivity contribution is -0.285. The quantitative estimate of drug-likeness (QED) is 0.509. The first kappa shape index (κ1) is 23.7. The molecule has 5 aliphatic rings. The highest BCUT2D eigenvalue weighted by Crippen LogP contribution is 2.56. The van der Waals surface area contributed by atoms with E-state index in [9.17, 15) is 14.3 Å². The lowest BCUT2D eigenvalue weighted by Crippen LogP contribution is -2.59. The molecule has 4 fully saturated rings. The van der Waals surface area contributed by atoms with Crippen LogP contribution < -0.4 is 0 Å².